The maximum atomic E-state index is 12.2. The first kappa shape index (κ1) is 16.5. The van der Waals surface area contributed by atoms with Gasteiger partial charge in [0.25, 0.3) is 10.1 Å². The van der Waals surface area contributed by atoms with Crippen LogP contribution < -0.4 is 9.47 Å². The molecule has 3 rings (SSSR count). The number of carbonyl (C=O) groups excluding carboxylic acids is 1. The molecule has 0 N–H and O–H groups in total. The first-order chi connectivity index (χ1) is 11.5. The minimum Gasteiger partial charge on any atom is -0.486 e. The number of para-hydroxylation sites is 1. The lowest BCUT2D eigenvalue weighted by Gasteiger charge is -2.26. The SMILES string of the molecule is Cc1ccc(S(=O)(=O)OCC2COc3cccc(C=O)c3O2)cc1. The molecule has 0 bridgehead atoms. The fraction of sp³-hybridized carbons (Fsp3) is 0.235. The molecule has 1 unspecified atom stereocenters. The van der Waals surface area contributed by atoms with Gasteiger partial charge >= 0.3 is 0 Å². The third-order valence-electron chi connectivity index (χ3n) is 3.56. The normalized spacial score (nSPS) is 16.6. The average molecular weight is 348 g/mol. The van der Waals surface area contributed by atoms with Gasteiger partial charge in [-0.3, -0.25) is 8.98 Å². The molecule has 7 heteroatoms. The van der Waals surface area contributed by atoms with Crippen LogP contribution in [-0.4, -0.2) is 34.0 Å². The van der Waals surface area contributed by atoms with E-state index in [0.29, 0.717) is 23.3 Å². The fourth-order valence-electron chi connectivity index (χ4n) is 2.27. The van der Waals surface area contributed by atoms with Crippen molar-refractivity contribution in [2.45, 2.75) is 17.9 Å². The van der Waals surface area contributed by atoms with Crippen molar-refractivity contribution in [2.75, 3.05) is 13.2 Å². The zero-order valence-corrected chi connectivity index (χ0v) is 13.8. The molecule has 6 nitrogen and oxygen atoms in total. The van der Waals surface area contributed by atoms with Crippen molar-refractivity contribution in [3.05, 3.63) is 53.6 Å². The zero-order valence-electron chi connectivity index (χ0n) is 13.0. The summed E-state index contributed by atoms with van der Waals surface area (Å²) in [6.07, 6.45) is 0.0351. The number of carbonyl (C=O) groups is 1. The lowest BCUT2D eigenvalue weighted by molar-refractivity contribution is 0.0544. The van der Waals surface area contributed by atoms with Crippen LogP contribution in [0, 0.1) is 6.92 Å². The summed E-state index contributed by atoms with van der Waals surface area (Å²) in [5.41, 5.74) is 1.30. The zero-order chi connectivity index (χ0) is 17.2. The summed E-state index contributed by atoms with van der Waals surface area (Å²) in [7, 11) is -3.87. The molecule has 0 saturated heterocycles. The molecule has 1 heterocycles. The Morgan fingerprint density at radius 2 is 1.96 bits per heavy atom. The summed E-state index contributed by atoms with van der Waals surface area (Å²) in [4.78, 5) is 11.1. The number of fused-ring (bicyclic) bond motifs is 1. The molecule has 1 aliphatic heterocycles. The molecule has 2 aromatic carbocycles. The third kappa shape index (κ3) is 3.42. The van der Waals surface area contributed by atoms with Crippen LogP contribution in [0.2, 0.25) is 0 Å². The van der Waals surface area contributed by atoms with Crippen molar-refractivity contribution in [1.29, 1.82) is 0 Å². The minimum absolute atomic E-state index is 0.0822. The second kappa shape index (κ2) is 6.62. The Morgan fingerprint density at radius 1 is 1.21 bits per heavy atom. The molecule has 0 saturated carbocycles. The summed E-state index contributed by atoms with van der Waals surface area (Å²) in [6, 6.07) is 11.3. The average Bonchev–Trinajstić information content (AvgIpc) is 2.59. The fourth-order valence-corrected chi connectivity index (χ4v) is 3.21. The van der Waals surface area contributed by atoms with Crippen LogP contribution in [0.4, 0.5) is 0 Å². The smallest absolute Gasteiger partial charge is 0.297 e. The van der Waals surface area contributed by atoms with Gasteiger partial charge in [-0.25, -0.2) is 0 Å². The van der Waals surface area contributed by atoms with Gasteiger partial charge in [-0.1, -0.05) is 23.8 Å². The predicted molar refractivity (Wildman–Crippen MR) is 86.1 cm³/mol. The standard InChI is InChI=1S/C17H16O6S/c1-12-5-7-15(8-6-12)24(19,20)22-11-14-10-21-16-4-2-3-13(9-18)17(16)23-14/h2-9,14H,10-11H2,1H3. The van der Waals surface area contributed by atoms with E-state index in [1.165, 1.54) is 12.1 Å². The highest BCUT2D eigenvalue weighted by Gasteiger charge is 2.26. The van der Waals surface area contributed by atoms with E-state index in [1.807, 2.05) is 6.92 Å². The molecule has 1 aliphatic rings. The van der Waals surface area contributed by atoms with E-state index in [4.69, 9.17) is 13.7 Å². The summed E-state index contributed by atoms with van der Waals surface area (Å²) >= 11 is 0. The number of aldehydes is 1. The summed E-state index contributed by atoms with van der Waals surface area (Å²) < 4.78 is 40.6. The lowest BCUT2D eigenvalue weighted by atomic mass is 10.2. The van der Waals surface area contributed by atoms with Gasteiger partial charge in [-0.15, -0.1) is 0 Å². The minimum atomic E-state index is -3.87. The van der Waals surface area contributed by atoms with E-state index >= 15 is 0 Å². The molecule has 0 spiro atoms. The third-order valence-corrected chi connectivity index (χ3v) is 4.86. The molecule has 0 aromatic heterocycles. The number of benzene rings is 2. The van der Waals surface area contributed by atoms with E-state index in [1.54, 1.807) is 30.3 Å². The highest BCUT2D eigenvalue weighted by atomic mass is 32.2. The van der Waals surface area contributed by atoms with E-state index in [9.17, 15) is 13.2 Å². The highest BCUT2D eigenvalue weighted by Crippen LogP contribution is 2.34. The molecule has 126 valence electrons. The Bertz CT molecular complexity index is 842. The lowest BCUT2D eigenvalue weighted by Crippen LogP contribution is -2.34. The Hall–Kier alpha value is -2.38. The Morgan fingerprint density at radius 3 is 2.67 bits per heavy atom. The van der Waals surface area contributed by atoms with Crippen LogP contribution in [0.15, 0.2) is 47.4 Å². The van der Waals surface area contributed by atoms with Crippen LogP contribution in [0.1, 0.15) is 15.9 Å². The van der Waals surface area contributed by atoms with Gasteiger partial charge in [-0.05, 0) is 31.2 Å². The molecule has 0 amide bonds. The van der Waals surface area contributed by atoms with Gasteiger partial charge in [-0.2, -0.15) is 8.42 Å². The highest BCUT2D eigenvalue weighted by molar-refractivity contribution is 7.86. The van der Waals surface area contributed by atoms with Crippen molar-refractivity contribution in [1.82, 2.24) is 0 Å². The monoisotopic (exact) mass is 348 g/mol. The van der Waals surface area contributed by atoms with Crippen molar-refractivity contribution in [3.63, 3.8) is 0 Å². The Labute approximate surface area is 140 Å². The van der Waals surface area contributed by atoms with Crippen LogP contribution in [0.5, 0.6) is 11.5 Å². The Kier molecular flexibility index (Phi) is 4.55. The number of ether oxygens (including phenoxy) is 2. The number of hydrogen-bond acceptors (Lipinski definition) is 6. The van der Waals surface area contributed by atoms with E-state index < -0.39 is 16.2 Å². The quantitative estimate of drug-likeness (QED) is 0.610. The largest absolute Gasteiger partial charge is 0.486 e. The molecule has 2 aromatic rings. The number of rotatable bonds is 5. The van der Waals surface area contributed by atoms with Crippen molar-refractivity contribution in [3.8, 4) is 11.5 Å². The van der Waals surface area contributed by atoms with Gasteiger partial charge in [0, 0.05) is 0 Å². The van der Waals surface area contributed by atoms with Gasteiger partial charge in [0.1, 0.15) is 13.2 Å². The first-order valence-electron chi connectivity index (χ1n) is 7.33. The molecule has 0 fully saturated rings. The number of aryl methyl sites for hydroxylation is 1. The van der Waals surface area contributed by atoms with E-state index in [2.05, 4.69) is 0 Å². The van der Waals surface area contributed by atoms with Gasteiger partial charge in [0.2, 0.25) is 0 Å². The van der Waals surface area contributed by atoms with Crippen molar-refractivity contribution >= 4 is 16.4 Å². The summed E-state index contributed by atoms with van der Waals surface area (Å²) in [5.74, 6) is 0.761. The summed E-state index contributed by atoms with van der Waals surface area (Å²) in [6.45, 7) is 1.80. The molecular formula is C17H16O6S. The molecule has 0 aliphatic carbocycles. The Balaban J connectivity index is 1.69. The molecule has 0 radical (unpaired) electrons. The van der Waals surface area contributed by atoms with Gasteiger partial charge in [0.15, 0.2) is 23.9 Å². The van der Waals surface area contributed by atoms with Gasteiger partial charge < -0.3 is 9.47 Å². The van der Waals surface area contributed by atoms with Crippen molar-refractivity contribution in [2.24, 2.45) is 0 Å². The second-order valence-electron chi connectivity index (χ2n) is 5.39. The van der Waals surface area contributed by atoms with Crippen LogP contribution in [0.25, 0.3) is 0 Å². The van der Waals surface area contributed by atoms with E-state index in [0.717, 1.165) is 5.56 Å². The predicted octanol–water partition coefficient (Wildman–Crippen LogP) is 2.35. The van der Waals surface area contributed by atoms with Crippen LogP contribution >= 0.6 is 0 Å². The summed E-state index contributed by atoms with van der Waals surface area (Å²) in [5, 5.41) is 0. The molecule has 1 atom stereocenters. The maximum Gasteiger partial charge on any atom is 0.297 e. The molecular weight excluding hydrogens is 332 g/mol. The van der Waals surface area contributed by atoms with Crippen LogP contribution in [-0.2, 0) is 14.3 Å². The second-order valence-corrected chi connectivity index (χ2v) is 7.01. The first-order valence-corrected chi connectivity index (χ1v) is 8.74. The van der Waals surface area contributed by atoms with E-state index in [-0.39, 0.29) is 18.1 Å². The van der Waals surface area contributed by atoms with Gasteiger partial charge in [0.05, 0.1) is 10.5 Å². The van der Waals surface area contributed by atoms with Crippen LogP contribution in [0.3, 0.4) is 0 Å². The van der Waals surface area contributed by atoms with Crippen molar-refractivity contribution < 1.29 is 26.9 Å². The molecule has 24 heavy (non-hydrogen) atoms. The maximum absolute atomic E-state index is 12.2. The number of hydrogen-bond donors (Lipinski definition) is 0. The topological polar surface area (TPSA) is 78.9 Å².